The fourth-order valence-corrected chi connectivity index (χ4v) is 2.17. The first kappa shape index (κ1) is 17.3. The molecule has 0 fully saturated rings. The number of alkyl halides is 3. The zero-order valence-electron chi connectivity index (χ0n) is 12.5. The van der Waals surface area contributed by atoms with E-state index in [4.69, 9.17) is 5.26 Å². The average Bonchev–Trinajstić information content (AvgIpc) is 2.54. The lowest BCUT2D eigenvalue weighted by molar-refractivity contribution is -0.384. The summed E-state index contributed by atoms with van der Waals surface area (Å²) in [6, 6.07) is 9.84. The van der Waals surface area contributed by atoms with Crippen molar-refractivity contribution in [3.05, 3.63) is 69.3 Å². The van der Waals surface area contributed by atoms with E-state index in [2.05, 4.69) is 5.32 Å². The Balaban J connectivity index is 2.29. The van der Waals surface area contributed by atoms with Crippen molar-refractivity contribution in [2.24, 2.45) is 0 Å². The molecule has 0 aliphatic heterocycles. The Labute approximate surface area is 135 Å². The van der Waals surface area contributed by atoms with Crippen molar-refractivity contribution in [1.29, 1.82) is 5.26 Å². The Hall–Kier alpha value is -3.08. The minimum absolute atomic E-state index is 0.0445. The number of non-ortho nitro benzene ring substituents is 1. The lowest BCUT2D eigenvalue weighted by Crippen LogP contribution is -2.11. The summed E-state index contributed by atoms with van der Waals surface area (Å²) in [4.78, 5) is 10.1. The van der Waals surface area contributed by atoms with Crippen molar-refractivity contribution in [2.45, 2.75) is 19.1 Å². The molecular formula is C16H12F3N3O2. The molecule has 0 amide bonds. The number of benzene rings is 2. The molecule has 0 saturated carbocycles. The van der Waals surface area contributed by atoms with E-state index < -0.39 is 22.7 Å². The molecule has 2 rings (SSSR count). The SMILES string of the molecule is CC(Nc1ccc([N+](=O)[O-])cc1C#N)c1cccc(C(F)(F)F)c1. The van der Waals surface area contributed by atoms with Gasteiger partial charge in [0.1, 0.15) is 6.07 Å². The van der Waals surface area contributed by atoms with Crippen LogP contribution in [0.25, 0.3) is 0 Å². The normalized spacial score (nSPS) is 12.3. The van der Waals surface area contributed by atoms with Crippen LogP contribution in [0.15, 0.2) is 42.5 Å². The molecule has 0 aliphatic rings. The highest BCUT2D eigenvalue weighted by Crippen LogP contribution is 2.32. The molecule has 0 bridgehead atoms. The smallest absolute Gasteiger partial charge is 0.377 e. The first-order valence-corrected chi connectivity index (χ1v) is 6.84. The van der Waals surface area contributed by atoms with Gasteiger partial charge in [0, 0.05) is 18.2 Å². The first-order valence-electron chi connectivity index (χ1n) is 6.84. The van der Waals surface area contributed by atoms with Crippen molar-refractivity contribution in [2.75, 3.05) is 5.32 Å². The number of anilines is 1. The Morgan fingerprint density at radius 3 is 2.54 bits per heavy atom. The quantitative estimate of drug-likeness (QED) is 0.651. The standard InChI is InChI=1S/C16H12F3N3O2/c1-10(11-3-2-4-13(7-11)16(17,18)19)21-15-6-5-14(22(23)24)8-12(15)9-20/h2-8,10,21H,1H3. The van der Waals surface area contributed by atoms with E-state index >= 15 is 0 Å². The highest BCUT2D eigenvalue weighted by Gasteiger charge is 2.30. The fourth-order valence-electron chi connectivity index (χ4n) is 2.17. The molecule has 0 aliphatic carbocycles. The fraction of sp³-hybridized carbons (Fsp3) is 0.188. The summed E-state index contributed by atoms with van der Waals surface area (Å²) in [6.07, 6.45) is -4.44. The predicted octanol–water partition coefficient (Wildman–Crippen LogP) is 4.66. The van der Waals surface area contributed by atoms with Crippen LogP contribution < -0.4 is 5.32 Å². The van der Waals surface area contributed by atoms with Crippen LogP contribution in [-0.4, -0.2) is 4.92 Å². The third-order valence-electron chi connectivity index (χ3n) is 3.42. The van der Waals surface area contributed by atoms with Crippen LogP contribution in [0.1, 0.15) is 29.7 Å². The van der Waals surface area contributed by atoms with Gasteiger partial charge in [-0.05, 0) is 30.7 Å². The summed E-state index contributed by atoms with van der Waals surface area (Å²) < 4.78 is 38.3. The summed E-state index contributed by atoms with van der Waals surface area (Å²) in [6.45, 7) is 1.64. The minimum atomic E-state index is -4.44. The maximum absolute atomic E-state index is 12.8. The molecule has 0 saturated heterocycles. The number of nitrogens with zero attached hydrogens (tertiary/aromatic N) is 2. The van der Waals surface area contributed by atoms with E-state index in [0.29, 0.717) is 11.3 Å². The first-order chi connectivity index (χ1) is 11.2. The van der Waals surface area contributed by atoms with Crippen LogP contribution in [0.4, 0.5) is 24.5 Å². The summed E-state index contributed by atoms with van der Waals surface area (Å²) in [7, 11) is 0. The summed E-state index contributed by atoms with van der Waals surface area (Å²) in [5.41, 5.74) is -0.259. The van der Waals surface area contributed by atoms with Gasteiger partial charge >= 0.3 is 6.18 Å². The summed E-state index contributed by atoms with van der Waals surface area (Å²) in [5.74, 6) is 0. The van der Waals surface area contributed by atoms with E-state index in [1.165, 1.54) is 24.3 Å². The van der Waals surface area contributed by atoms with Gasteiger partial charge < -0.3 is 5.32 Å². The number of nitriles is 1. The maximum Gasteiger partial charge on any atom is 0.416 e. The Morgan fingerprint density at radius 1 is 1.25 bits per heavy atom. The number of nitro benzene ring substituents is 1. The van der Waals surface area contributed by atoms with Gasteiger partial charge in [0.05, 0.1) is 21.7 Å². The lowest BCUT2D eigenvalue weighted by Gasteiger charge is -2.18. The average molecular weight is 335 g/mol. The van der Waals surface area contributed by atoms with Crippen LogP contribution in [-0.2, 0) is 6.18 Å². The Bertz CT molecular complexity index is 813. The minimum Gasteiger partial charge on any atom is -0.377 e. The zero-order chi connectivity index (χ0) is 17.9. The van der Waals surface area contributed by atoms with Gasteiger partial charge in [0.2, 0.25) is 0 Å². The number of hydrogen-bond acceptors (Lipinski definition) is 4. The van der Waals surface area contributed by atoms with E-state index in [-0.39, 0.29) is 11.3 Å². The van der Waals surface area contributed by atoms with Crippen LogP contribution in [0.2, 0.25) is 0 Å². The van der Waals surface area contributed by atoms with Gasteiger partial charge in [0.25, 0.3) is 5.69 Å². The Morgan fingerprint density at radius 2 is 1.96 bits per heavy atom. The number of rotatable bonds is 4. The van der Waals surface area contributed by atoms with Gasteiger partial charge in [-0.25, -0.2) is 0 Å². The Kier molecular flexibility index (Phi) is 4.74. The topological polar surface area (TPSA) is 79.0 Å². The van der Waals surface area contributed by atoms with E-state index in [0.717, 1.165) is 18.2 Å². The molecular weight excluding hydrogens is 323 g/mol. The lowest BCUT2D eigenvalue weighted by atomic mass is 10.0. The molecule has 5 nitrogen and oxygen atoms in total. The molecule has 8 heteroatoms. The highest BCUT2D eigenvalue weighted by molar-refractivity contribution is 5.62. The van der Waals surface area contributed by atoms with Crippen LogP contribution in [0.5, 0.6) is 0 Å². The third kappa shape index (κ3) is 3.81. The van der Waals surface area contributed by atoms with Crippen molar-refractivity contribution < 1.29 is 18.1 Å². The van der Waals surface area contributed by atoms with Gasteiger partial charge in [-0.15, -0.1) is 0 Å². The van der Waals surface area contributed by atoms with E-state index in [1.807, 2.05) is 6.07 Å². The number of nitro groups is 1. The molecule has 24 heavy (non-hydrogen) atoms. The second-order valence-electron chi connectivity index (χ2n) is 5.09. The molecule has 0 aromatic heterocycles. The van der Waals surface area contributed by atoms with Crippen LogP contribution >= 0.6 is 0 Å². The molecule has 0 heterocycles. The largest absolute Gasteiger partial charge is 0.416 e. The molecule has 1 atom stereocenters. The predicted molar refractivity (Wildman–Crippen MR) is 81.3 cm³/mol. The molecule has 1 N–H and O–H groups in total. The van der Waals surface area contributed by atoms with Crippen molar-refractivity contribution in [1.82, 2.24) is 0 Å². The molecule has 0 spiro atoms. The molecule has 0 radical (unpaired) electrons. The third-order valence-corrected chi connectivity index (χ3v) is 3.42. The summed E-state index contributed by atoms with van der Waals surface area (Å²) >= 11 is 0. The second-order valence-corrected chi connectivity index (χ2v) is 5.09. The number of nitrogens with one attached hydrogen (secondary N) is 1. The molecule has 2 aromatic carbocycles. The van der Waals surface area contributed by atoms with Crippen molar-refractivity contribution in [3.8, 4) is 6.07 Å². The highest BCUT2D eigenvalue weighted by atomic mass is 19.4. The second kappa shape index (κ2) is 6.58. The number of halogens is 3. The number of hydrogen-bond donors (Lipinski definition) is 1. The van der Waals surface area contributed by atoms with Gasteiger partial charge in [0.15, 0.2) is 0 Å². The molecule has 2 aromatic rings. The monoisotopic (exact) mass is 335 g/mol. The van der Waals surface area contributed by atoms with Gasteiger partial charge in [-0.3, -0.25) is 10.1 Å². The molecule has 124 valence electrons. The maximum atomic E-state index is 12.8. The van der Waals surface area contributed by atoms with Crippen molar-refractivity contribution >= 4 is 11.4 Å². The van der Waals surface area contributed by atoms with Crippen LogP contribution in [0.3, 0.4) is 0 Å². The van der Waals surface area contributed by atoms with Crippen molar-refractivity contribution in [3.63, 3.8) is 0 Å². The van der Waals surface area contributed by atoms with Crippen LogP contribution in [0, 0.1) is 21.4 Å². The zero-order valence-corrected chi connectivity index (χ0v) is 12.5. The summed E-state index contributed by atoms with van der Waals surface area (Å²) in [5, 5.41) is 22.7. The van der Waals surface area contributed by atoms with E-state index in [1.54, 1.807) is 6.92 Å². The van der Waals surface area contributed by atoms with Gasteiger partial charge in [-0.2, -0.15) is 18.4 Å². The van der Waals surface area contributed by atoms with E-state index in [9.17, 15) is 23.3 Å². The molecule has 1 unspecified atom stereocenters. The van der Waals surface area contributed by atoms with Gasteiger partial charge in [-0.1, -0.05) is 12.1 Å².